The maximum absolute atomic E-state index is 14.5. The van der Waals surface area contributed by atoms with Crippen LogP contribution in [0.5, 0.6) is 0 Å². The first-order valence-electron chi connectivity index (χ1n) is 25.8. The Labute approximate surface area is 371 Å². The molecule has 61 heavy (non-hydrogen) atoms. The van der Waals surface area contributed by atoms with Crippen molar-refractivity contribution in [2.45, 2.75) is 262 Å². The van der Waals surface area contributed by atoms with Gasteiger partial charge in [-0.25, -0.2) is 8.78 Å². The smallest absolute Gasteiger partial charge is 0.279 e. The summed E-state index contributed by atoms with van der Waals surface area (Å²) < 4.78 is 51.8. The third-order valence-electron chi connectivity index (χ3n) is 12.8. The first kappa shape index (κ1) is 53.5. The molecule has 2 saturated heterocycles. The van der Waals surface area contributed by atoms with E-state index in [1.165, 1.54) is 153 Å². The average Bonchev–Trinajstić information content (AvgIpc) is 3.72. The topological polar surface area (TPSA) is 95.1 Å². The summed E-state index contributed by atoms with van der Waals surface area (Å²) >= 11 is 0. The van der Waals surface area contributed by atoms with Crippen LogP contribution in [0.3, 0.4) is 0 Å². The van der Waals surface area contributed by atoms with Crippen molar-refractivity contribution >= 4 is 11.8 Å². The summed E-state index contributed by atoms with van der Waals surface area (Å²) in [5.74, 6) is -2.84. The van der Waals surface area contributed by atoms with Gasteiger partial charge < -0.3 is 29.6 Å². The minimum Gasteiger partial charge on any atom is -0.353 e. The maximum atomic E-state index is 14.5. The quantitative estimate of drug-likeness (QED) is 0.0474. The van der Waals surface area contributed by atoms with Crippen LogP contribution in [0, 0.1) is 0 Å². The second-order valence-electron chi connectivity index (χ2n) is 18.4. The second-order valence-corrected chi connectivity index (χ2v) is 18.4. The van der Waals surface area contributed by atoms with Crippen LogP contribution in [0.2, 0.25) is 0 Å². The Balaban J connectivity index is 1.03. The van der Waals surface area contributed by atoms with Crippen LogP contribution >= 0.6 is 0 Å². The zero-order chi connectivity index (χ0) is 43.3. The van der Waals surface area contributed by atoms with Gasteiger partial charge in [-0.3, -0.25) is 9.59 Å². The van der Waals surface area contributed by atoms with E-state index in [0.717, 1.165) is 90.6 Å². The van der Waals surface area contributed by atoms with Crippen LogP contribution < -0.4 is 10.6 Å². The van der Waals surface area contributed by atoms with E-state index >= 15 is 0 Å². The number of hydrogen-bond acceptors (Lipinski definition) is 6. The van der Waals surface area contributed by atoms with Crippen LogP contribution in [0.4, 0.5) is 8.78 Å². The van der Waals surface area contributed by atoms with Gasteiger partial charge in [0.15, 0.2) is 24.2 Å². The lowest BCUT2D eigenvalue weighted by Gasteiger charge is -2.22. The standard InChI is InChI=1S/C51H90F2N2O6/c52-46(33-25-21-17-13-9-5-1-3-7-11-15-19-23-29-39-58-48-35-27-31-41-60-48)50(56)54-44-37-38-45(43-44)55-51(57)47(53)34-26-22-18-14-10-6-2-4-8-12-16-20-24-30-40-59-49-36-28-32-42-61-49/h33-34,44-45,48-49H,1-32,35-43H2,(H,54,56)(H,55,57)/b46-33+,47-34+/t44-,45+,48?,49?. The Morgan fingerprint density at radius 1 is 0.443 bits per heavy atom. The van der Waals surface area contributed by atoms with Gasteiger partial charge >= 0.3 is 0 Å². The summed E-state index contributed by atoms with van der Waals surface area (Å²) in [7, 11) is 0. The Morgan fingerprint density at radius 3 is 1.07 bits per heavy atom. The lowest BCUT2D eigenvalue weighted by Crippen LogP contribution is -2.37. The van der Waals surface area contributed by atoms with E-state index in [-0.39, 0.29) is 24.7 Å². The van der Waals surface area contributed by atoms with E-state index in [0.29, 0.717) is 32.1 Å². The highest BCUT2D eigenvalue weighted by Gasteiger charge is 2.28. The lowest BCUT2D eigenvalue weighted by atomic mass is 10.0. The van der Waals surface area contributed by atoms with Crippen molar-refractivity contribution in [1.29, 1.82) is 0 Å². The number of ether oxygens (including phenoxy) is 4. The van der Waals surface area contributed by atoms with Gasteiger partial charge in [0, 0.05) is 38.5 Å². The van der Waals surface area contributed by atoms with Gasteiger partial charge in [-0.2, -0.15) is 0 Å². The average molecular weight is 865 g/mol. The molecule has 354 valence electrons. The molecule has 0 radical (unpaired) electrons. The van der Waals surface area contributed by atoms with Crippen LogP contribution in [0.15, 0.2) is 23.8 Å². The SMILES string of the molecule is O=C(N[C@@H]1CC[C@H](NC(=O)/C(F)=C\CCCCCCCCCCCCCCCOC2CCCCO2)C1)/C(F)=C\CCCCCCCCCCCCCCCOC1CCCCO1. The number of rotatable bonds is 38. The molecule has 3 fully saturated rings. The summed E-state index contributed by atoms with van der Waals surface area (Å²) in [5.41, 5.74) is 0. The van der Waals surface area contributed by atoms with Gasteiger partial charge in [0.1, 0.15) is 0 Å². The largest absolute Gasteiger partial charge is 0.353 e. The number of hydrogen-bond donors (Lipinski definition) is 2. The Morgan fingerprint density at radius 2 is 0.754 bits per heavy atom. The molecule has 3 aliphatic rings. The van der Waals surface area contributed by atoms with Gasteiger partial charge in [0.25, 0.3) is 11.8 Å². The number of carbonyl (C=O) groups excluding carboxylic acids is 2. The molecule has 2 aliphatic heterocycles. The van der Waals surface area contributed by atoms with E-state index in [1.807, 2.05) is 0 Å². The van der Waals surface area contributed by atoms with Crippen molar-refractivity contribution in [1.82, 2.24) is 10.6 Å². The zero-order valence-electron chi connectivity index (χ0n) is 38.7. The minimum absolute atomic E-state index is 0.0433. The molecule has 0 spiro atoms. The van der Waals surface area contributed by atoms with Crippen LogP contribution in [0.25, 0.3) is 0 Å². The number of unbranched alkanes of at least 4 members (excludes halogenated alkanes) is 26. The predicted molar refractivity (Wildman–Crippen MR) is 244 cm³/mol. The Hall–Kier alpha value is -1.88. The predicted octanol–water partition coefficient (Wildman–Crippen LogP) is 13.9. The van der Waals surface area contributed by atoms with Gasteiger partial charge in [0.05, 0.1) is 0 Å². The molecule has 2 amide bonds. The van der Waals surface area contributed by atoms with Gasteiger partial charge in [-0.1, -0.05) is 141 Å². The molecule has 0 aromatic heterocycles. The van der Waals surface area contributed by atoms with Gasteiger partial charge in [0.2, 0.25) is 0 Å². The molecular weight excluding hydrogens is 775 g/mol. The Kier molecular flexibility index (Phi) is 32.9. The number of carbonyl (C=O) groups is 2. The Bertz CT molecular complexity index is 1060. The molecule has 0 bridgehead atoms. The molecule has 0 aromatic rings. The zero-order valence-corrected chi connectivity index (χ0v) is 38.7. The normalized spacial score (nSPS) is 21.2. The van der Waals surface area contributed by atoms with Gasteiger partial charge in [-0.15, -0.1) is 0 Å². The second kappa shape index (κ2) is 37.5. The van der Waals surface area contributed by atoms with Crippen LogP contribution in [0.1, 0.15) is 238 Å². The van der Waals surface area contributed by atoms with E-state index in [4.69, 9.17) is 18.9 Å². The van der Waals surface area contributed by atoms with Crippen molar-refractivity contribution in [3.8, 4) is 0 Å². The third kappa shape index (κ3) is 29.2. The molecule has 1 aliphatic carbocycles. The van der Waals surface area contributed by atoms with Crippen molar-refractivity contribution < 1.29 is 37.3 Å². The number of amides is 2. The molecule has 2 N–H and O–H groups in total. The molecule has 4 atom stereocenters. The summed E-state index contributed by atoms with van der Waals surface area (Å²) in [6, 6.07) is -0.447. The molecule has 10 heteroatoms. The highest BCUT2D eigenvalue weighted by Crippen LogP contribution is 2.22. The summed E-state index contributed by atoms with van der Waals surface area (Å²) in [5, 5.41) is 5.53. The fourth-order valence-corrected chi connectivity index (χ4v) is 8.89. The molecule has 8 nitrogen and oxygen atoms in total. The number of nitrogens with one attached hydrogen (secondary N) is 2. The van der Waals surface area contributed by atoms with E-state index in [9.17, 15) is 18.4 Å². The van der Waals surface area contributed by atoms with Crippen molar-refractivity contribution in [3.05, 3.63) is 23.8 Å². The number of halogens is 2. The molecule has 1 saturated carbocycles. The van der Waals surface area contributed by atoms with Crippen LogP contribution in [-0.2, 0) is 28.5 Å². The van der Waals surface area contributed by atoms with Gasteiger partial charge in [-0.05, 0) is 108 Å². The molecule has 2 heterocycles. The maximum Gasteiger partial charge on any atom is 0.279 e. The third-order valence-corrected chi connectivity index (χ3v) is 12.8. The van der Waals surface area contributed by atoms with Crippen molar-refractivity contribution in [2.75, 3.05) is 26.4 Å². The highest BCUT2D eigenvalue weighted by atomic mass is 19.1. The van der Waals surface area contributed by atoms with E-state index < -0.39 is 23.5 Å². The van der Waals surface area contributed by atoms with Crippen molar-refractivity contribution in [2.24, 2.45) is 0 Å². The molecule has 3 rings (SSSR count). The highest BCUT2D eigenvalue weighted by molar-refractivity contribution is 5.92. The van der Waals surface area contributed by atoms with Crippen molar-refractivity contribution in [3.63, 3.8) is 0 Å². The van der Waals surface area contributed by atoms with Crippen LogP contribution in [-0.4, -0.2) is 62.9 Å². The summed E-state index contributed by atoms with van der Waals surface area (Å²) in [4.78, 5) is 24.8. The molecular formula is C51H90F2N2O6. The fourth-order valence-electron chi connectivity index (χ4n) is 8.89. The fraction of sp³-hybridized carbons (Fsp3) is 0.882. The molecule has 2 unspecified atom stereocenters. The summed E-state index contributed by atoms with van der Waals surface area (Å²) in [6.07, 6.45) is 44.2. The molecule has 0 aromatic carbocycles. The lowest BCUT2D eigenvalue weighted by molar-refractivity contribution is -0.163. The first-order valence-corrected chi connectivity index (χ1v) is 25.8. The van der Waals surface area contributed by atoms with E-state index in [2.05, 4.69) is 10.6 Å². The monoisotopic (exact) mass is 865 g/mol. The first-order chi connectivity index (χ1) is 30.0. The summed E-state index contributed by atoms with van der Waals surface area (Å²) in [6.45, 7) is 3.36. The minimum atomic E-state index is -0.733. The number of allylic oxidation sites excluding steroid dienone is 2. The van der Waals surface area contributed by atoms with E-state index in [1.54, 1.807) is 0 Å².